The van der Waals surface area contributed by atoms with Gasteiger partial charge in [-0.1, -0.05) is 24.3 Å². The van der Waals surface area contributed by atoms with E-state index in [1.54, 1.807) is 12.2 Å². The summed E-state index contributed by atoms with van der Waals surface area (Å²) < 4.78 is 21.9. The Bertz CT molecular complexity index is 637. The minimum atomic E-state index is -0.394. The van der Waals surface area contributed by atoms with Gasteiger partial charge in [0.05, 0.1) is 25.4 Å². The number of hydrogen-bond donors (Lipinski definition) is 0. The van der Waals surface area contributed by atoms with Gasteiger partial charge in [-0.3, -0.25) is 0 Å². The molecule has 6 rings (SSSR count). The fourth-order valence-electron chi connectivity index (χ4n) is 3.22. The number of ether oxygens (including phenoxy) is 4. The van der Waals surface area contributed by atoms with E-state index in [0.717, 1.165) is 36.8 Å². The molecule has 4 heterocycles. The molecular weight excluding hydrogens is 360 g/mol. The van der Waals surface area contributed by atoms with Crippen molar-refractivity contribution < 1.29 is 28.5 Å². The Kier molecular flexibility index (Phi) is 7.82. The summed E-state index contributed by atoms with van der Waals surface area (Å²) in [6.45, 7) is 1.28. The summed E-state index contributed by atoms with van der Waals surface area (Å²) in [5.41, 5.74) is 1.73. The fourth-order valence-corrected chi connectivity index (χ4v) is 3.22. The van der Waals surface area contributed by atoms with Gasteiger partial charge in [-0.15, -0.1) is 0 Å². The first-order chi connectivity index (χ1) is 13.7. The van der Waals surface area contributed by atoms with Crippen LogP contribution in [0.5, 0.6) is 0 Å². The highest BCUT2D eigenvalue weighted by Gasteiger charge is 2.22. The first-order valence-corrected chi connectivity index (χ1v) is 9.72. The van der Waals surface area contributed by atoms with Gasteiger partial charge in [0.25, 0.3) is 0 Å². The standard InChI is InChI=1S/C22H26O6/c23-21-11-5-17-1-2-18(4-3-17)6-12-22(24)28-16-14-26-20-9-7-19(8-10-20)25-13-15-27-21/h1-6,11-12,19-20H,7-10,13-16H2. The molecule has 0 amide bonds. The van der Waals surface area contributed by atoms with E-state index in [1.807, 2.05) is 24.3 Å². The summed E-state index contributed by atoms with van der Waals surface area (Å²) in [5.74, 6) is -0.788. The molecule has 0 N–H and O–H groups in total. The minimum Gasteiger partial charge on any atom is -0.460 e. The molecule has 5 aliphatic rings. The van der Waals surface area contributed by atoms with Crippen molar-refractivity contribution in [2.24, 2.45) is 0 Å². The average molecular weight is 386 g/mol. The summed E-state index contributed by atoms with van der Waals surface area (Å²) >= 11 is 0. The summed E-state index contributed by atoms with van der Waals surface area (Å²) in [4.78, 5) is 23.6. The monoisotopic (exact) mass is 386 g/mol. The maximum Gasteiger partial charge on any atom is 0.330 e. The van der Waals surface area contributed by atoms with Crippen molar-refractivity contribution in [3.05, 3.63) is 47.5 Å². The highest BCUT2D eigenvalue weighted by atomic mass is 16.6. The van der Waals surface area contributed by atoms with Crippen molar-refractivity contribution in [3.8, 4) is 0 Å². The topological polar surface area (TPSA) is 71.1 Å². The molecule has 6 nitrogen and oxygen atoms in total. The molecule has 0 saturated heterocycles. The van der Waals surface area contributed by atoms with Crippen molar-refractivity contribution in [2.45, 2.75) is 37.9 Å². The van der Waals surface area contributed by atoms with Crippen LogP contribution in [-0.4, -0.2) is 50.6 Å². The lowest BCUT2D eigenvalue weighted by molar-refractivity contribution is -0.142. The van der Waals surface area contributed by atoms with E-state index in [2.05, 4.69) is 0 Å². The highest BCUT2D eigenvalue weighted by molar-refractivity contribution is 5.88. The lowest BCUT2D eigenvalue weighted by Gasteiger charge is -2.28. The van der Waals surface area contributed by atoms with Gasteiger partial charge < -0.3 is 18.9 Å². The predicted octanol–water partition coefficient (Wildman–Crippen LogP) is 3.16. The van der Waals surface area contributed by atoms with E-state index < -0.39 is 11.9 Å². The zero-order valence-electron chi connectivity index (χ0n) is 15.9. The first kappa shape index (κ1) is 20.3. The van der Waals surface area contributed by atoms with Gasteiger partial charge in [-0.25, -0.2) is 9.59 Å². The Labute approximate surface area is 165 Å². The molecule has 0 spiro atoms. The van der Waals surface area contributed by atoms with Gasteiger partial charge in [-0.2, -0.15) is 0 Å². The number of benzene rings is 1. The molecule has 150 valence electrons. The molecule has 28 heavy (non-hydrogen) atoms. The molecular formula is C22H26O6. The van der Waals surface area contributed by atoms with Crippen LogP contribution in [0.4, 0.5) is 0 Å². The Morgan fingerprint density at radius 1 is 0.571 bits per heavy atom. The van der Waals surface area contributed by atoms with Crippen LogP contribution >= 0.6 is 0 Å². The molecule has 1 aliphatic carbocycles. The zero-order valence-corrected chi connectivity index (χ0v) is 15.9. The van der Waals surface area contributed by atoms with Gasteiger partial charge in [0, 0.05) is 12.2 Å². The largest absolute Gasteiger partial charge is 0.460 e. The molecule has 4 aliphatic heterocycles. The molecule has 0 aromatic heterocycles. The van der Waals surface area contributed by atoms with E-state index in [4.69, 9.17) is 18.9 Å². The van der Waals surface area contributed by atoms with Gasteiger partial charge >= 0.3 is 11.9 Å². The van der Waals surface area contributed by atoms with E-state index in [9.17, 15) is 9.59 Å². The van der Waals surface area contributed by atoms with Crippen LogP contribution in [-0.2, 0) is 28.5 Å². The third-order valence-electron chi connectivity index (χ3n) is 4.74. The number of hydrogen-bond acceptors (Lipinski definition) is 6. The Morgan fingerprint density at radius 2 is 0.964 bits per heavy atom. The van der Waals surface area contributed by atoms with Gasteiger partial charge in [0.2, 0.25) is 0 Å². The van der Waals surface area contributed by atoms with E-state index >= 15 is 0 Å². The summed E-state index contributed by atoms with van der Waals surface area (Å²) in [7, 11) is 0. The van der Waals surface area contributed by atoms with Crippen LogP contribution in [0.3, 0.4) is 0 Å². The van der Waals surface area contributed by atoms with Crippen LogP contribution in [0.15, 0.2) is 36.4 Å². The average Bonchev–Trinajstić information content (AvgIpc) is 2.72. The van der Waals surface area contributed by atoms with Crippen LogP contribution in [0.2, 0.25) is 0 Å². The minimum absolute atomic E-state index is 0.174. The van der Waals surface area contributed by atoms with Crippen molar-refractivity contribution in [1.29, 1.82) is 0 Å². The smallest absolute Gasteiger partial charge is 0.330 e. The van der Waals surface area contributed by atoms with Crippen LogP contribution in [0.1, 0.15) is 36.8 Å². The Hall–Kier alpha value is -2.44. The molecule has 6 heteroatoms. The number of rotatable bonds is 0. The van der Waals surface area contributed by atoms with Crippen LogP contribution in [0, 0.1) is 0 Å². The molecule has 1 saturated carbocycles. The number of carbonyl (C=O) groups excluding carboxylic acids is 2. The SMILES string of the molecule is O=C1C=Cc2ccc(cc2)C=CC(=O)OCCOC2CCC(CC2)OCCO1. The first-order valence-electron chi connectivity index (χ1n) is 9.72. The van der Waals surface area contributed by atoms with Crippen molar-refractivity contribution in [3.63, 3.8) is 0 Å². The Balaban J connectivity index is 1.60. The van der Waals surface area contributed by atoms with Crippen molar-refractivity contribution in [2.75, 3.05) is 26.4 Å². The second kappa shape index (κ2) is 10.8. The van der Waals surface area contributed by atoms with Crippen molar-refractivity contribution in [1.82, 2.24) is 0 Å². The quantitative estimate of drug-likeness (QED) is 0.638. The number of esters is 2. The summed E-state index contributed by atoms with van der Waals surface area (Å²) in [5, 5.41) is 0. The summed E-state index contributed by atoms with van der Waals surface area (Å²) in [6.07, 6.45) is 10.2. The van der Waals surface area contributed by atoms with Gasteiger partial charge in [-0.05, 0) is 49.0 Å². The van der Waals surface area contributed by atoms with Crippen molar-refractivity contribution >= 4 is 24.1 Å². The molecule has 4 bridgehead atoms. The maximum absolute atomic E-state index is 11.8. The van der Waals surface area contributed by atoms with E-state index in [-0.39, 0.29) is 25.4 Å². The van der Waals surface area contributed by atoms with Crippen LogP contribution in [0.25, 0.3) is 12.2 Å². The molecule has 1 aromatic rings. The molecule has 0 unspecified atom stereocenters. The lowest BCUT2D eigenvalue weighted by atomic mass is 9.95. The molecule has 0 atom stereocenters. The van der Waals surface area contributed by atoms with Gasteiger partial charge in [0.1, 0.15) is 13.2 Å². The maximum atomic E-state index is 11.8. The predicted molar refractivity (Wildman–Crippen MR) is 104 cm³/mol. The van der Waals surface area contributed by atoms with Crippen LogP contribution < -0.4 is 0 Å². The molecule has 1 aromatic carbocycles. The summed E-state index contributed by atoms with van der Waals surface area (Å²) in [6, 6.07) is 7.42. The number of carbonyl (C=O) groups is 2. The normalized spacial score (nSPS) is 24.9. The molecule has 1 fully saturated rings. The lowest BCUT2D eigenvalue weighted by Crippen LogP contribution is -2.28. The third kappa shape index (κ3) is 6.94. The van der Waals surface area contributed by atoms with E-state index in [1.165, 1.54) is 12.2 Å². The highest BCUT2D eigenvalue weighted by Crippen LogP contribution is 2.23. The van der Waals surface area contributed by atoms with Gasteiger partial charge in [0.15, 0.2) is 0 Å². The Morgan fingerprint density at radius 3 is 1.36 bits per heavy atom. The molecule has 0 radical (unpaired) electrons. The van der Waals surface area contributed by atoms with E-state index in [0.29, 0.717) is 13.2 Å². The second-order valence-electron chi connectivity index (χ2n) is 6.81. The fraction of sp³-hybridized carbons (Fsp3) is 0.455. The third-order valence-corrected chi connectivity index (χ3v) is 4.74. The second-order valence-corrected chi connectivity index (χ2v) is 6.81. The zero-order chi connectivity index (χ0) is 19.6.